The number of rotatable bonds is 6. The van der Waals surface area contributed by atoms with Crippen molar-refractivity contribution in [1.29, 1.82) is 0 Å². The lowest BCUT2D eigenvalue weighted by molar-refractivity contribution is 0.107. The van der Waals surface area contributed by atoms with Crippen molar-refractivity contribution in [3.63, 3.8) is 0 Å². The average molecular weight is 527 g/mol. The summed E-state index contributed by atoms with van der Waals surface area (Å²) in [5.41, 5.74) is 3.93. The van der Waals surface area contributed by atoms with E-state index in [-0.39, 0.29) is 11.5 Å². The summed E-state index contributed by atoms with van der Waals surface area (Å²) in [6.07, 6.45) is 3.47. The zero-order valence-electron chi connectivity index (χ0n) is 18.7. The Hall–Kier alpha value is -2.98. The Labute approximate surface area is 203 Å². The Bertz CT molecular complexity index is 1400. The van der Waals surface area contributed by atoms with E-state index < -0.39 is 0 Å². The smallest absolute Gasteiger partial charge is 0.321 e. The third kappa shape index (κ3) is 3.47. The quantitative estimate of drug-likeness (QED) is 0.393. The van der Waals surface area contributed by atoms with Gasteiger partial charge in [0, 0.05) is 13.6 Å². The molecule has 2 aliphatic rings. The molecular weight excluding hydrogens is 503 g/mol. The number of halogens is 2. The van der Waals surface area contributed by atoms with Crippen molar-refractivity contribution in [2.45, 2.75) is 31.4 Å². The third-order valence-corrected chi connectivity index (χ3v) is 7.51. The molecule has 0 spiro atoms. The monoisotopic (exact) mass is 526 g/mol. The van der Waals surface area contributed by atoms with Crippen LogP contribution in [-0.4, -0.2) is 54.9 Å². The minimum absolute atomic E-state index is 0.201. The fourth-order valence-electron chi connectivity index (χ4n) is 5.31. The molecule has 0 aliphatic carbocycles. The second-order valence-corrected chi connectivity index (χ2v) is 9.85. The van der Waals surface area contributed by atoms with Gasteiger partial charge < -0.3 is 14.0 Å². The summed E-state index contributed by atoms with van der Waals surface area (Å²) in [4.78, 5) is 11.7. The summed E-state index contributed by atoms with van der Waals surface area (Å²) >= 11 is 3.53. The summed E-state index contributed by atoms with van der Waals surface area (Å²) in [7, 11) is 1.93. The van der Waals surface area contributed by atoms with Gasteiger partial charge in [-0.3, -0.25) is 10.00 Å². The van der Waals surface area contributed by atoms with Gasteiger partial charge in [-0.1, -0.05) is 30.3 Å². The fourth-order valence-corrected chi connectivity index (χ4v) is 5.85. The number of fused-ring (bicyclic) bond motifs is 4. The van der Waals surface area contributed by atoms with Crippen molar-refractivity contribution in [3.8, 4) is 11.9 Å². The molecule has 1 atom stereocenters. The number of H-pyrrole nitrogens is 1. The number of hydrogen-bond donors (Lipinski definition) is 1. The topological polar surface area (TPSA) is 81.1 Å². The third-order valence-electron chi connectivity index (χ3n) is 6.96. The minimum Gasteiger partial charge on any atom is -0.472 e. The van der Waals surface area contributed by atoms with E-state index >= 15 is 0 Å². The summed E-state index contributed by atoms with van der Waals surface area (Å²) in [5.74, 6) is 0.421. The number of benzene rings is 1. The summed E-state index contributed by atoms with van der Waals surface area (Å²) in [6.45, 7) is 2.37. The first-order valence-corrected chi connectivity index (χ1v) is 12.1. The van der Waals surface area contributed by atoms with Gasteiger partial charge >= 0.3 is 6.01 Å². The van der Waals surface area contributed by atoms with Gasteiger partial charge in [0.2, 0.25) is 5.88 Å². The number of aryl methyl sites for hydroxylation is 1. The van der Waals surface area contributed by atoms with E-state index in [1.54, 1.807) is 0 Å². The van der Waals surface area contributed by atoms with Gasteiger partial charge in [0.15, 0.2) is 5.65 Å². The summed E-state index contributed by atoms with van der Waals surface area (Å²) in [6, 6.07) is 10.2. The molecule has 0 saturated carbocycles. The molecule has 0 amide bonds. The maximum Gasteiger partial charge on any atom is 0.321 e. The molecule has 1 aromatic carbocycles. The number of nitrogens with zero attached hydrogens (tertiary/aromatic N) is 5. The maximum absolute atomic E-state index is 13.3. The highest BCUT2D eigenvalue weighted by molar-refractivity contribution is 9.10. The second kappa shape index (κ2) is 8.35. The van der Waals surface area contributed by atoms with Crippen LogP contribution in [0.3, 0.4) is 0 Å². The number of hydrogen-bond acceptors (Lipinski definition) is 6. The van der Waals surface area contributed by atoms with E-state index in [0.29, 0.717) is 37.7 Å². The van der Waals surface area contributed by atoms with Crippen molar-refractivity contribution >= 4 is 38.0 Å². The summed E-state index contributed by atoms with van der Waals surface area (Å²) in [5, 5.41) is 8.13. The predicted molar refractivity (Wildman–Crippen MR) is 129 cm³/mol. The fraction of sp³-hybridized carbons (Fsp3) is 0.375. The molecular formula is C24H24BrFN6O2. The van der Waals surface area contributed by atoms with Crippen LogP contribution in [0, 0.1) is 0 Å². The zero-order valence-corrected chi connectivity index (χ0v) is 20.3. The summed E-state index contributed by atoms with van der Waals surface area (Å²) < 4.78 is 28.3. The van der Waals surface area contributed by atoms with E-state index in [9.17, 15) is 4.39 Å². The van der Waals surface area contributed by atoms with Crippen molar-refractivity contribution in [1.82, 2.24) is 29.6 Å². The van der Waals surface area contributed by atoms with Crippen molar-refractivity contribution < 1.29 is 13.9 Å². The minimum atomic E-state index is -0.201. The lowest BCUT2D eigenvalue weighted by Gasteiger charge is -2.30. The Kier molecular flexibility index (Phi) is 5.29. The van der Waals surface area contributed by atoms with Gasteiger partial charge in [0.25, 0.3) is 0 Å². The number of aromatic nitrogens is 5. The van der Waals surface area contributed by atoms with Crippen molar-refractivity contribution in [2.24, 2.45) is 7.05 Å². The molecule has 0 unspecified atom stereocenters. The van der Waals surface area contributed by atoms with Gasteiger partial charge in [0.05, 0.1) is 11.9 Å². The van der Waals surface area contributed by atoms with Crippen LogP contribution in [0.15, 0.2) is 46.8 Å². The number of nitrogens with one attached hydrogen (secondary N) is 1. The Balaban J connectivity index is 1.37. The SMILES string of the molecule is Cn1c2nc(OC[C@@]34CCCN3C/C(=C\F)C4)nc(OCc3ccccc3)c2c2n[nH]c(Br)c21. The van der Waals surface area contributed by atoms with Crippen LogP contribution in [0.4, 0.5) is 4.39 Å². The lowest BCUT2D eigenvalue weighted by atomic mass is 9.94. The van der Waals surface area contributed by atoms with Crippen molar-refractivity contribution in [3.05, 3.63) is 52.4 Å². The van der Waals surface area contributed by atoms with Gasteiger partial charge in [-0.2, -0.15) is 15.1 Å². The van der Waals surface area contributed by atoms with Crippen LogP contribution >= 0.6 is 15.9 Å². The van der Waals surface area contributed by atoms with Gasteiger partial charge in [-0.25, -0.2) is 4.39 Å². The molecule has 2 saturated heterocycles. The van der Waals surface area contributed by atoms with E-state index in [1.807, 2.05) is 41.9 Å². The van der Waals surface area contributed by atoms with Crippen LogP contribution in [-0.2, 0) is 13.7 Å². The highest BCUT2D eigenvalue weighted by Gasteiger charge is 2.47. The van der Waals surface area contributed by atoms with E-state index in [1.165, 1.54) is 0 Å². The van der Waals surface area contributed by atoms with Gasteiger partial charge in [0.1, 0.15) is 34.2 Å². The van der Waals surface area contributed by atoms with Crippen LogP contribution in [0.2, 0.25) is 0 Å². The molecule has 176 valence electrons. The predicted octanol–water partition coefficient (Wildman–Crippen LogP) is 4.66. The molecule has 10 heteroatoms. The zero-order chi connectivity index (χ0) is 23.3. The molecule has 3 aromatic heterocycles. The normalized spacial score (nSPS) is 21.7. The molecule has 8 nitrogen and oxygen atoms in total. The first kappa shape index (κ1) is 21.5. The first-order valence-electron chi connectivity index (χ1n) is 11.3. The van der Waals surface area contributed by atoms with Crippen LogP contribution < -0.4 is 9.47 Å². The Morgan fingerprint density at radius 1 is 1.24 bits per heavy atom. The Morgan fingerprint density at radius 3 is 2.91 bits per heavy atom. The first-order chi connectivity index (χ1) is 16.6. The molecule has 2 fully saturated rings. The van der Waals surface area contributed by atoms with Crippen LogP contribution in [0.5, 0.6) is 11.9 Å². The standard InChI is InChI=1S/C24H24BrFN6O2/c1-31-19-18(29-30-20(19)25)17-21(31)27-23(28-22(17)33-13-15-6-3-2-4-7-15)34-14-24-8-5-9-32(24)12-16(10-24)11-26/h2-4,6-7,11H,5,8-10,12-14H2,1H3,(H,29,30)/b16-11-/t24-/m0/s1. The molecule has 4 aromatic rings. The second-order valence-electron chi connectivity index (χ2n) is 9.06. The van der Waals surface area contributed by atoms with Crippen LogP contribution in [0.25, 0.3) is 22.1 Å². The largest absolute Gasteiger partial charge is 0.472 e. The lowest BCUT2D eigenvalue weighted by Crippen LogP contribution is -2.43. The Morgan fingerprint density at radius 2 is 2.09 bits per heavy atom. The average Bonchev–Trinajstić information content (AvgIpc) is 3.58. The van der Waals surface area contributed by atoms with E-state index in [0.717, 1.165) is 57.9 Å². The molecule has 0 radical (unpaired) electrons. The molecule has 34 heavy (non-hydrogen) atoms. The number of ether oxygens (including phenoxy) is 2. The molecule has 5 heterocycles. The maximum atomic E-state index is 13.3. The molecule has 1 N–H and O–H groups in total. The van der Waals surface area contributed by atoms with Crippen LogP contribution in [0.1, 0.15) is 24.8 Å². The number of aromatic amines is 1. The van der Waals surface area contributed by atoms with Gasteiger partial charge in [-0.05, 0) is 52.9 Å². The van der Waals surface area contributed by atoms with E-state index in [4.69, 9.17) is 14.5 Å². The highest BCUT2D eigenvalue weighted by Crippen LogP contribution is 2.42. The van der Waals surface area contributed by atoms with Gasteiger partial charge in [-0.15, -0.1) is 0 Å². The molecule has 0 bridgehead atoms. The van der Waals surface area contributed by atoms with Crippen molar-refractivity contribution in [2.75, 3.05) is 19.7 Å². The molecule has 2 aliphatic heterocycles. The highest BCUT2D eigenvalue weighted by atomic mass is 79.9. The molecule has 6 rings (SSSR count). The van der Waals surface area contributed by atoms with E-state index in [2.05, 4.69) is 36.0 Å².